The predicted molar refractivity (Wildman–Crippen MR) is 85.5 cm³/mol. The molecule has 3 N–H and O–H groups in total. The van der Waals surface area contributed by atoms with Gasteiger partial charge in [0.1, 0.15) is 0 Å². The molecule has 2 unspecified atom stereocenters. The summed E-state index contributed by atoms with van der Waals surface area (Å²) >= 11 is 0. The van der Waals surface area contributed by atoms with Crippen LogP contribution in [0.15, 0.2) is 4.99 Å². The molecule has 2 rings (SSSR count). The second kappa shape index (κ2) is 7.29. The van der Waals surface area contributed by atoms with Crippen LogP contribution in [0.4, 0.5) is 0 Å². The molecule has 2 saturated carbocycles. The summed E-state index contributed by atoms with van der Waals surface area (Å²) in [4.78, 5) is 4.16. The summed E-state index contributed by atoms with van der Waals surface area (Å²) in [5.74, 6) is 0.776. The fourth-order valence-electron chi connectivity index (χ4n) is 2.67. The van der Waals surface area contributed by atoms with E-state index in [0.29, 0.717) is 12.5 Å². The monoisotopic (exact) mass is 378 g/mol. The normalized spacial score (nSPS) is 28.8. The number of nitrogens with one attached hydrogen (secondary N) is 2. The number of nitriles is 1. The van der Waals surface area contributed by atoms with Crippen LogP contribution >= 0.6 is 24.0 Å². The van der Waals surface area contributed by atoms with Gasteiger partial charge in [-0.1, -0.05) is 0 Å². The minimum absolute atomic E-state index is 0. The molecular formula is C13H23IN4O. The fraction of sp³-hybridized carbons (Fsp3) is 0.846. The Hall–Kier alpha value is -0.550. The van der Waals surface area contributed by atoms with Crippen LogP contribution in [-0.4, -0.2) is 36.3 Å². The Morgan fingerprint density at radius 3 is 2.68 bits per heavy atom. The van der Waals surface area contributed by atoms with Crippen molar-refractivity contribution in [3.63, 3.8) is 0 Å². The van der Waals surface area contributed by atoms with E-state index in [1.807, 2.05) is 0 Å². The van der Waals surface area contributed by atoms with Gasteiger partial charge in [0.25, 0.3) is 0 Å². The third-order valence-electron chi connectivity index (χ3n) is 4.10. The summed E-state index contributed by atoms with van der Waals surface area (Å²) in [6.07, 6.45) is 5.90. The molecule has 0 saturated heterocycles. The number of rotatable bonds is 3. The Labute approximate surface area is 131 Å². The number of nitrogens with zero attached hydrogens (tertiary/aromatic N) is 2. The minimum atomic E-state index is -0.554. The first-order valence-corrected chi connectivity index (χ1v) is 6.76. The molecule has 0 radical (unpaired) electrons. The van der Waals surface area contributed by atoms with Crippen molar-refractivity contribution in [2.24, 2.45) is 10.9 Å². The Morgan fingerprint density at radius 1 is 1.42 bits per heavy atom. The first kappa shape index (κ1) is 16.5. The van der Waals surface area contributed by atoms with Gasteiger partial charge in [-0.15, -0.1) is 24.0 Å². The zero-order valence-corrected chi connectivity index (χ0v) is 13.7. The molecule has 6 heteroatoms. The highest BCUT2D eigenvalue weighted by molar-refractivity contribution is 14.0. The molecule has 2 fully saturated rings. The second-order valence-electron chi connectivity index (χ2n) is 5.42. The molecule has 108 valence electrons. The fourth-order valence-corrected chi connectivity index (χ4v) is 2.67. The Kier molecular flexibility index (Phi) is 6.33. The van der Waals surface area contributed by atoms with Gasteiger partial charge in [0.05, 0.1) is 17.6 Å². The number of aliphatic imine (C=N–C) groups is 1. The van der Waals surface area contributed by atoms with Crippen molar-refractivity contribution in [3.05, 3.63) is 0 Å². The number of halogens is 1. The number of guanidine groups is 1. The Bertz CT molecular complexity index is 362. The molecule has 0 amide bonds. The summed E-state index contributed by atoms with van der Waals surface area (Å²) in [6, 6.07) is 2.54. The lowest BCUT2D eigenvalue weighted by atomic mass is 9.80. The molecule has 0 aromatic carbocycles. The van der Waals surface area contributed by atoms with Gasteiger partial charge < -0.3 is 15.7 Å². The summed E-state index contributed by atoms with van der Waals surface area (Å²) in [5, 5.41) is 25.5. The summed E-state index contributed by atoms with van der Waals surface area (Å²) in [6.45, 7) is 0.538. The van der Waals surface area contributed by atoms with Crippen molar-refractivity contribution in [1.29, 1.82) is 5.26 Å². The van der Waals surface area contributed by atoms with Crippen LogP contribution in [0.1, 0.15) is 38.5 Å². The molecule has 0 aliphatic heterocycles. The van der Waals surface area contributed by atoms with Crippen molar-refractivity contribution in [2.45, 2.75) is 50.2 Å². The lowest BCUT2D eigenvalue weighted by Crippen LogP contribution is -2.52. The number of hydrogen-bond donors (Lipinski definition) is 3. The van der Waals surface area contributed by atoms with Crippen LogP contribution < -0.4 is 10.6 Å². The second-order valence-corrected chi connectivity index (χ2v) is 5.42. The maximum atomic E-state index is 10.0. The molecule has 2 aliphatic rings. The third-order valence-corrected chi connectivity index (χ3v) is 4.10. The van der Waals surface area contributed by atoms with E-state index in [4.69, 9.17) is 5.26 Å². The van der Waals surface area contributed by atoms with Crippen molar-refractivity contribution < 1.29 is 5.11 Å². The first-order valence-electron chi connectivity index (χ1n) is 6.76. The maximum absolute atomic E-state index is 10.0. The molecule has 0 aromatic heterocycles. The van der Waals surface area contributed by atoms with Gasteiger partial charge >= 0.3 is 0 Å². The zero-order chi connectivity index (χ0) is 13.0. The SMILES string of the molecule is CN=C(NCC1(O)CCC1)NC1CCCC1C#N.I. The van der Waals surface area contributed by atoms with Crippen LogP contribution in [0, 0.1) is 17.2 Å². The van der Waals surface area contributed by atoms with Crippen molar-refractivity contribution >= 4 is 29.9 Å². The van der Waals surface area contributed by atoms with Crippen LogP contribution in [0.3, 0.4) is 0 Å². The standard InChI is InChI=1S/C13H22N4O.HI/c1-15-12(16-9-13(18)6-3-7-13)17-11-5-2-4-10(11)8-14;/h10-11,18H,2-7,9H2,1H3,(H2,15,16,17);1H. The Morgan fingerprint density at radius 2 is 2.16 bits per heavy atom. The molecular weight excluding hydrogens is 355 g/mol. The lowest BCUT2D eigenvalue weighted by Gasteiger charge is -2.37. The minimum Gasteiger partial charge on any atom is -0.388 e. The van der Waals surface area contributed by atoms with E-state index in [1.165, 1.54) is 0 Å². The first-order chi connectivity index (χ1) is 8.67. The van der Waals surface area contributed by atoms with Gasteiger partial charge in [-0.05, 0) is 38.5 Å². The van der Waals surface area contributed by atoms with E-state index in [1.54, 1.807) is 7.05 Å². The van der Waals surface area contributed by atoms with Gasteiger partial charge in [-0.2, -0.15) is 5.26 Å². The average molecular weight is 378 g/mol. The smallest absolute Gasteiger partial charge is 0.191 e. The van der Waals surface area contributed by atoms with Gasteiger partial charge in [-0.3, -0.25) is 4.99 Å². The van der Waals surface area contributed by atoms with E-state index < -0.39 is 5.60 Å². The highest BCUT2D eigenvalue weighted by Crippen LogP contribution is 2.30. The molecule has 0 heterocycles. The molecule has 2 aliphatic carbocycles. The van der Waals surface area contributed by atoms with Crippen molar-refractivity contribution in [3.8, 4) is 6.07 Å². The summed E-state index contributed by atoms with van der Waals surface area (Å²) in [7, 11) is 1.72. The zero-order valence-electron chi connectivity index (χ0n) is 11.4. The van der Waals surface area contributed by atoms with Crippen molar-refractivity contribution in [1.82, 2.24) is 10.6 Å². The van der Waals surface area contributed by atoms with Gasteiger partial charge in [-0.25, -0.2) is 0 Å². The van der Waals surface area contributed by atoms with E-state index in [-0.39, 0.29) is 35.9 Å². The van der Waals surface area contributed by atoms with Crippen molar-refractivity contribution in [2.75, 3.05) is 13.6 Å². The highest BCUT2D eigenvalue weighted by atomic mass is 127. The van der Waals surface area contributed by atoms with E-state index in [2.05, 4.69) is 21.7 Å². The molecule has 0 spiro atoms. The largest absolute Gasteiger partial charge is 0.388 e. The van der Waals surface area contributed by atoms with Crippen LogP contribution in [-0.2, 0) is 0 Å². The highest BCUT2D eigenvalue weighted by Gasteiger charge is 2.34. The van der Waals surface area contributed by atoms with Gasteiger partial charge in [0.2, 0.25) is 0 Å². The van der Waals surface area contributed by atoms with Crippen LogP contribution in [0.25, 0.3) is 0 Å². The predicted octanol–water partition coefficient (Wildman–Crippen LogP) is 1.38. The molecule has 2 atom stereocenters. The van der Waals surface area contributed by atoms with Gasteiger partial charge in [0, 0.05) is 19.6 Å². The summed E-state index contributed by atoms with van der Waals surface area (Å²) in [5.41, 5.74) is -0.554. The van der Waals surface area contributed by atoms with E-state index in [9.17, 15) is 5.11 Å². The topological polar surface area (TPSA) is 80.4 Å². The van der Waals surface area contributed by atoms with Crippen LogP contribution in [0.2, 0.25) is 0 Å². The molecule has 0 bridgehead atoms. The lowest BCUT2D eigenvalue weighted by molar-refractivity contribution is -0.0279. The average Bonchev–Trinajstić information content (AvgIpc) is 2.79. The van der Waals surface area contributed by atoms with E-state index >= 15 is 0 Å². The third kappa shape index (κ3) is 4.21. The Balaban J connectivity index is 0.00000180. The number of aliphatic hydroxyl groups is 1. The molecule has 0 aromatic rings. The molecule has 5 nitrogen and oxygen atoms in total. The van der Waals surface area contributed by atoms with E-state index in [0.717, 1.165) is 38.5 Å². The number of hydrogen-bond acceptors (Lipinski definition) is 3. The van der Waals surface area contributed by atoms with Crippen LogP contribution in [0.5, 0.6) is 0 Å². The maximum Gasteiger partial charge on any atom is 0.191 e. The van der Waals surface area contributed by atoms with Gasteiger partial charge in [0.15, 0.2) is 5.96 Å². The quantitative estimate of drug-likeness (QED) is 0.394. The molecule has 19 heavy (non-hydrogen) atoms. The summed E-state index contributed by atoms with van der Waals surface area (Å²) < 4.78 is 0.